The van der Waals surface area contributed by atoms with Gasteiger partial charge in [-0.05, 0) is 19.4 Å². The molecule has 0 rings (SSSR count). The van der Waals surface area contributed by atoms with Crippen LogP contribution in [0.2, 0.25) is 0 Å². The zero-order chi connectivity index (χ0) is 11.5. The van der Waals surface area contributed by atoms with Crippen LogP contribution in [-0.4, -0.2) is 49.3 Å². The first-order valence-electron chi connectivity index (χ1n) is 5.63. The third kappa shape index (κ3) is 9.69. The molecule has 0 aromatic heterocycles. The van der Waals surface area contributed by atoms with Crippen molar-refractivity contribution in [2.45, 2.75) is 32.6 Å². The fourth-order valence-electron chi connectivity index (χ4n) is 1.40. The molecule has 0 aliphatic rings. The fourth-order valence-corrected chi connectivity index (χ4v) is 1.40. The van der Waals surface area contributed by atoms with Crippen molar-refractivity contribution in [2.24, 2.45) is 0 Å². The predicted molar refractivity (Wildman–Crippen MR) is 60.1 cm³/mol. The van der Waals surface area contributed by atoms with Crippen LogP contribution < -0.4 is 0 Å². The number of nitrogens with zero attached hydrogens (tertiary/aromatic N) is 1. The van der Waals surface area contributed by atoms with Crippen LogP contribution in [0.25, 0.3) is 0 Å². The van der Waals surface area contributed by atoms with E-state index in [0.29, 0.717) is 6.54 Å². The normalized spacial score (nSPS) is 10.9. The minimum Gasteiger partial charge on any atom is -0.481 e. The molecule has 0 bridgehead atoms. The molecule has 0 aliphatic carbocycles. The summed E-state index contributed by atoms with van der Waals surface area (Å²) in [5.74, 6) is -0.719. The maximum absolute atomic E-state index is 10.5. The molecule has 0 aromatic rings. The van der Waals surface area contributed by atoms with E-state index in [1.54, 1.807) is 7.11 Å². The zero-order valence-electron chi connectivity index (χ0n) is 9.87. The van der Waals surface area contributed by atoms with Gasteiger partial charge >= 0.3 is 5.97 Å². The molecule has 0 aliphatic heterocycles. The van der Waals surface area contributed by atoms with Gasteiger partial charge in [0.25, 0.3) is 0 Å². The topological polar surface area (TPSA) is 49.8 Å². The Morgan fingerprint density at radius 2 is 1.93 bits per heavy atom. The van der Waals surface area contributed by atoms with Crippen LogP contribution in [0, 0.1) is 0 Å². The van der Waals surface area contributed by atoms with E-state index >= 15 is 0 Å². The molecule has 0 unspecified atom stereocenters. The van der Waals surface area contributed by atoms with E-state index in [4.69, 9.17) is 9.84 Å². The number of methoxy groups -OCH3 is 1. The maximum atomic E-state index is 10.5. The van der Waals surface area contributed by atoms with Crippen molar-refractivity contribution < 1.29 is 14.6 Å². The Morgan fingerprint density at radius 1 is 1.27 bits per heavy atom. The van der Waals surface area contributed by atoms with Crippen LogP contribution in [0.15, 0.2) is 0 Å². The van der Waals surface area contributed by atoms with Gasteiger partial charge in [0.15, 0.2) is 0 Å². The van der Waals surface area contributed by atoms with Crippen LogP contribution in [0.4, 0.5) is 0 Å². The number of carboxylic acid groups (broad SMARTS) is 1. The quantitative estimate of drug-likeness (QED) is 0.565. The summed E-state index contributed by atoms with van der Waals surface area (Å²) < 4.78 is 4.98. The second-order valence-electron chi connectivity index (χ2n) is 3.69. The lowest BCUT2D eigenvalue weighted by Crippen LogP contribution is -2.29. The molecule has 1 N–H and O–H groups in total. The van der Waals surface area contributed by atoms with E-state index in [2.05, 4.69) is 11.8 Å². The van der Waals surface area contributed by atoms with Crippen molar-refractivity contribution in [3.05, 3.63) is 0 Å². The molecule has 0 aromatic carbocycles. The van der Waals surface area contributed by atoms with Crippen LogP contribution >= 0.6 is 0 Å². The SMILES string of the molecule is CCCCN(CCCOC)CCC(=O)O. The first kappa shape index (κ1) is 14.4. The van der Waals surface area contributed by atoms with Gasteiger partial charge in [-0.1, -0.05) is 13.3 Å². The molecular formula is C11H23NO3. The van der Waals surface area contributed by atoms with E-state index in [-0.39, 0.29) is 6.42 Å². The van der Waals surface area contributed by atoms with Crippen molar-refractivity contribution in [1.29, 1.82) is 0 Å². The van der Waals surface area contributed by atoms with Gasteiger partial charge in [0.05, 0.1) is 6.42 Å². The number of unbranched alkanes of at least 4 members (excludes halogenated alkanes) is 1. The summed E-state index contributed by atoms with van der Waals surface area (Å²) in [6.45, 7) is 5.47. The first-order valence-corrected chi connectivity index (χ1v) is 5.63. The summed E-state index contributed by atoms with van der Waals surface area (Å²) in [6, 6.07) is 0. The Labute approximate surface area is 92.2 Å². The summed E-state index contributed by atoms with van der Waals surface area (Å²) in [5, 5.41) is 8.61. The molecule has 0 spiro atoms. The average Bonchev–Trinajstić information content (AvgIpc) is 2.21. The Morgan fingerprint density at radius 3 is 2.47 bits per heavy atom. The molecule has 0 radical (unpaired) electrons. The van der Waals surface area contributed by atoms with Crippen LogP contribution in [0.1, 0.15) is 32.6 Å². The zero-order valence-corrected chi connectivity index (χ0v) is 9.87. The third-order valence-corrected chi connectivity index (χ3v) is 2.29. The highest BCUT2D eigenvalue weighted by molar-refractivity contribution is 5.66. The number of ether oxygens (including phenoxy) is 1. The molecule has 90 valence electrons. The van der Waals surface area contributed by atoms with Gasteiger partial charge in [-0.3, -0.25) is 4.79 Å². The van der Waals surface area contributed by atoms with Gasteiger partial charge < -0.3 is 14.7 Å². The predicted octanol–water partition coefficient (Wildman–Crippen LogP) is 1.60. The van der Waals surface area contributed by atoms with E-state index in [1.807, 2.05) is 0 Å². The van der Waals surface area contributed by atoms with E-state index in [0.717, 1.165) is 39.0 Å². The molecule has 0 atom stereocenters. The molecule has 0 saturated heterocycles. The largest absolute Gasteiger partial charge is 0.481 e. The number of hydrogen-bond acceptors (Lipinski definition) is 3. The Balaban J connectivity index is 3.67. The number of hydrogen-bond donors (Lipinski definition) is 1. The van der Waals surface area contributed by atoms with Crippen molar-refractivity contribution in [2.75, 3.05) is 33.4 Å². The van der Waals surface area contributed by atoms with E-state index < -0.39 is 5.97 Å². The Kier molecular flexibility index (Phi) is 9.52. The highest BCUT2D eigenvalue weighted by Crippen LogP contribution is 1.99. The first-order chi connectivity index (χ1) is 7.20. The molecule has 0 amide bonds. The average molecular weight is 217 g/mol. The van der Waals surface area contributed by atoms with Gasteiger partial charge in [0, 0.05) is 26.8 Å². The summed E-state index contributed by atoms with van der Waals surface area (Å²) in [7, 11) is 1.69. The van der Waals surface area contributed by atoms with Crippen LogP contribution in [-0.2, 0) is 9.53 Å². The van der Waals surface area contributed by atoms with Gasteiger partial charge in [-0.15, -0.1) is 0 Å². The number of aliphatic carboxylic acids is 1. The molecule has 0 heterocycles. The lowest BCUT2D eigenvalue weighted by atomic mass is 10.2. The van der Waals surface area contributed by atoms with Crippen molar-refractivity contribution in [3.63, 3.8) is 0 Å². The molecule has 4 heteroatoms. The lowest BCUT2D eigenvalue weighted by molar-refractivity contribution is -0.137. The second-order valence-corrected chi connectivity index (χ2v) is 3.69. The number of carboxylic acids is 1. The van der Waals surface area contributed by atoms with Crippen molar-refractivity contribution >= 4 is 5.97 Å². The minimum absolute atomic E-state index is 0.233. The van der Waals surface area contributed by atoms with Gasteiger partial charge in [0.1, 0.15) is 0 Å². The highest BCUT2D eigenvalue weighted by Gasteiger charge is 2.06. The second kappa shape index (κ2) is 9.93. The van der Waals surface area contributed by atoms with Crippen molar-refractivity contribution in [3.8, 4) is 0 Å². The summed E-state index contributed by atoms with van der Waals surface area (Å²) in [4.78, 5) is 12.7. The highest BCUT2D eigenvalue weighted by atomic mass is 16.5. The lowest BCUT2D eigenvalue weighted by Gasteiger charge is -2.20. The van der Waals surface area contributed by atoms with Gasteiger partial charge in [-0.2, -0.15) is 0 Å². The van der Waals surface area contributed by atoms with Gasteiger partial charge in [-0.25, -0.2) is 0 Å². The summed E-state index contributed by atoms with van der Waals surface area (Å²) >= 11 is 0. The number of carbonyl (C=O) groups is 1. The minimum atomic E-state index is -0.719. The summed E-state index contributed by atoms with van der Waals surface area (Å²) in [6.07, 6.45) is 3.48. The fraction of sp³-hybridized carbons (Fsp3) is 0.909. The Hall–Kier alpha value is -0.610. The van der Waals surface area contributed by atoms with Crippen LogP contribution in [0.3, 0.4) is 0 Å². The van der Waals surface area contributed by atoms with E-state index in [1.165, 1.54) is 0 Å². The molecule has 0 saturated carbocycles. The van der Waals surface area contributed by atoms with Gasteiger partial charge in [0.2, 0.25) is 0 Å². The summed E-state index contributed by atoms with van der Waals surface area (Å²) in [5.41, 5.74) is 0. The molecule has 4 nitrogen and oxygen atoms in total. The maximum Gasteiger partial charge on any atom is 0.304 e. The number of rotatable bonds is 10. The monoisotopic (exact) mass is 217 g/mol. The van der Waals surface area contributed by atoms with Crippen molar-refractivity contribution in [1.82, 2.24) is 4.90 Å². The molecular weight excluding hydrogens is 194 g/mol. The Bertz CT molecular complexity index is 162. The molecule has 0 fully saturated rings. The standard InChI is InChI=1S/C11H23NO3/c1-3-4-7-12(8-5-10-15-2)9-6-11(13)14/h3-10H2,1-2H3,(H,13,14). The molecule has 15 heavy (non-hydrogen) atoms. The van der Waals surface area contributed by atoms with Crippen LogP contribution in [0.5, 0.6) is 0 Å². The smallest absolute Gasteiger partial charge is 0.304 e. The third-order valence-electron chi connectivity index (χ3n) is 2.29. The van der Waals surface area contributed by atoms with E-state index in [9.17, 15) is 4.79 Å².